The zero-order chi connectivity index (χ0) is 13.1. The highest BCUT2D eigenvalue weighted by Gasteiger charge is 2.14. The number of hydrogen-bond donors (Lipinski definition) is 1. The Bertz CT molecular complexity index is 557. The van der Waals surface area contributed by atoms with Crippen LogP contribution in [0, 0.1) is 3.57 Å². The van der Waals surface area contributed by atoms with E-state index in [4.69, 9.17) is 4.74 Å². The van der Waals surface area contributed by atoms with Crippen molar-refractivity contribution in [1.82, 2.24) is 0 Å². The van der Waals surface area contributed by atoms with Gasteiger partial charge in [0.2, 0.25) is 0 Å². The van der Waals surface area contributed by atoms with Crippen molar-refractivity contribution in [3.8, 4) is 5.75 Å². The van der Waals surface area contributed by atoms with Gasteiger partial charge in [0.05, 0.1) is 7.11 Å². The Hall–Kier alpha value is -0.590. The van der Waals surface area contributed by atoms with Crippen LogP contribution in [0.2, 0.25) is 0 Å². The number of aliphatic hydroxyl groups excluding tert-OH is 1. The van der Waals surface area contributed by atoms with Gasteiger partial charge in [-0.2, -0.15) is 0 Å². The molecular weight excluding hydrogens is 407 g/mol. The normalized spacial score (nSPS) is 12.2. The molecule has 0 aliphatic rings. The molecule has 0 heterocycles. The maximum Gasteiger partial charge on any atom is 0.119 e. The lowest BCUT2D eigenvalue weighted by Crippen LogP contribution is -2.02. The van der Waals surface area contributed by atoms with E-state index in [1.807, 2.05) is 42.5 Å². The van der Waals surface area contributed by atoms with E-state index in [1.54, 1.807) is 7.11 Å². The molecule has 0 aliphatic heterocycles. The molecule has 18 heavy (non-hydrogen) atoms. The van der Waals surface area contributed by atoms with Gasteiger partial charge in [0.25, 0.3) is 0 Å². The first kappa shape index (κ1) is 13.8. The third-order valence-electron chi connectivity index (χ3n) is 2.66. The van der Waals surface area contributed by atoms with Crippen molar-refractivity contribution >= 4 is 38.5 Å². The van der Waals surface area contributed by atoms with Gasteiger partial charge in [0, 0.05) is 8.04 Å². The molecule has 2 aromatic carbocycles. The summed E-state index contributed by atoms with van der Waals surface area (Å²) >= 11 is 5.65. The molecule has 94 valence electrons. The molecule has 1 unspecified atom stereocenters. The summed E-state index contributed by atoms with van der Waals surface area (Å²) in [6, 6.07) is 13.4. The summed E-state index contributed by atoms with van der Waals surface area (Å²) in [7, 11) is 1.62. The fourth-order valence-corrected chi connectivity index (χ4v) is 2.72. The van der Waals surface area contributed by atoms with Gasteiger partial charge in [-0.1, -0.05) is 28.1 Å². The van der Waals surface area contributed by atoms with Crippen molar-refractivity contribution in [3.63, 3.8) is 0 Å². The van der Waals surface area contributed by atoms with E-state index < -0.39 is 6.10 Å². The van der Waals surface area contributed by atoms with Gasteiger partial charge in [0.15, 0.2) is 0 Å². The SMILES string of the molecule is COc1cccc(C(O)c2cc(Br)ccc2I)c1. The third-order valence-corrected chi connectivity index (χ3v) is 4.14. The molecule has 0 radical (unpaired) electrons. The fraction of sp³-hybridized carbons (Fsp3) is 0.143. The van der Waals surface area contributed by atoms with Crippen LogP contribution in [0.5, 0.6) is 5.75 Å². The van der Waals surface area contributed by atoms with Crippen LogP contribution in [0.1, 0.15) is 17.2 Å². The van der Waals surface area contributed by atoms with Gasteiger partial charge < -0.3 is 9.84 Å². The smallest absolute Gasteiger partial charge is 0.119 e. The lowest BCUT2D eigenvalue weighted by Gasteiger charge is -2.14. The van der Waals surface area contributed by atoms with Crippen LogP contribution in [-0.2, 0) is 0 Å². The number of aliphatic hydroxyl groups is 1. The summed E-state index contributed by atoms with van der Waals surface area (Å²) in [6.07, 6.45) is -0.649. The van der Waals surface area contributed by atoms with Crippen LogP contribution in [-0.4, -0.2) is 12.2 Å². The van der Waals surface area contributed by atoms with Gasteiger partial charge in [-0.3, -0.25) is 0 Å². The first-order valence-corrected chi connectivity index (χ1v) is 7.26. The van der Waals surface area contributed by atoms with Crippen molar-refractivity contribution in [2.45, 2.75) is 6.10 Å². The molecule has 0 spiro atoms. The van der Waals surface area contributed by atoms with Crippen LogP contribution < -0.4 is 4.74 Å². The van der Waals surface area contributed by atoms with Crippen molar-refractivity contribution in [2.24, 2.45) is 0 Å². The molecule has 0 fully saturated rings. The molecule has 0 saturated heterocycles. The molecule has 1 atom stereocenters. The summed E-state index contributed by atoms with van der Waals surface area (Å²) in [6.45, 7) is 0. The van der Waals surface area contributed by atoms with Crippen LogP contribution in [0.4, 0.5) is 0 Å². The first-order valence-electron chi connectivity index (χ1n) is 5.39. The lowest BCUT2D eigenvalue weighted by atomic mass is 10.0. The minimum absolute atomic E-state index is 0.649. The van der Waals surface area contributed by atoms with Crippen molar-refractivity contribution in [1.29, 1.82) is 0 Å². The molecule has 0 bridgehead atoms. The summed E-state index contributed by atoms with van der Waals surface area (Å²) in [4.78, 5) is 0. The second kappa shape index (κ2) is 6.04. The molecular formula is C14H12BrIO2. The zero-order valence-corrected chi connectivity index (χ0v) is 13.5. The molecule has 2 rings (SSSR count). The summed E-state index contributed by atoms with van der Waals surface area (Å²) in [5, 5.41) is 10.4. The number of hydrogen-bond acceptors (Lipinski definition) is 2. The Labute approximate surface area is 128 Å². The number of ether oxygens (including phenoxy) is 1. The molecule has 0 aromatic heterocycles. The van der Waals surface area contributed by atoms with Crippen molar-refractivity contribution in [2.75, 3.05) is 7.11 Å². The molecule has 2 nitrogen and oxygen atoms in total. The quantitative estimate of drug-likeness (QED) is 0.759. The maximum atomic E-state index is 10.4. The zero-order valence-electron chi connectivity index (χ0n) is 9.73. The first-order chi connectivity index (χ1) is 8.61. The second-order valence-corrected chi connectivity index (χ2v) is 5.92. The predicted octanol–water partition coefficient (Wildman–Crippen LogP) is 4.14. The number of methoxy groups -OCH3 is 1. The molecule has 0 amide bonds. The second-order valence-electron chi connectivity index (χ2n) is 3.84. The van der Waals surface area contributed by atoms with Crippen LogP contribution in [0.15, 0.2) is 46.9 Å². The van der Waals surface area contributed by atoms with Gasteiger partial charge in [-0.15, -0.1) is 0 Å². The van der Waals surface area contributed by atoms with E-state index in [2.05, 4.69) is 38.5 Å². The Balaban J connectivity index is 2.40. The fourth-order valence-electron chi connectivity index (χ4n) is 1.72. The van der Waals surface area contributed by atoms with E-state index in [0.29, 0.717) is 0 Å². The average Bonchev–Trinajstić information content (AvgIpc) is 2.41. The number of halogens is 2. The van der Waals surface area contributed by atoms with Gasteiger partial charge in [-0.05, 0) is 64.0 Å². The van der Waals surface area contributed by atoms with Crippen molar-refractivity contribution in [3.05, 3.63) is 61.6 Å². The van der Waals surface area contributed by atoms with E-state index >= 15 is 0 Å². The Kier molecular flexibility index (Phi) is 4.64. The minimum atomic E-state index is -0.649. The molecule has 4 heteroatoms. The Morgan fingerprint density at radius 1 is 1.22 bits per heavy atom. The Morgan fingerprint density at radius 2 is 2.00 bits per heavy atom. The van der Waals surface area contributed by atoms with Gasteiger partial charge >= 0.3 is 0 Å². The van der Waals surface area contributed by atoms with Crippen LogP contribution in [0.25, 0.3) is 0 Å². The van der Waals surface area contributed by atoms with Gasteiger partial charge in [0.1, 0.15) is 11.9 Å². The Morgan fingerprint density at radius 3 is 2.72 bits per heavy atom. The maximum absolute atomic E-state index is 10.4. The third kappa shape index (κ3) is 3.05. The number of benzene rings is 2. The van der Waals surface area contributed by atoms with E-state index in [-0.39, 0.29) is 0 Å². The molecule has 2 aromatic rings. The van der Waals surface area contributed by atoms with E-state index in [9.17, 15) is 5.11 Å². The standard InChI is InChI=1S/C14H12BrIO2/c1-18-11-4-2-3-9(7-11)14(17)12-8-10(15)5-6-13(12)16/h2-8,14,17H,1H3. The summed E-state index contributed by atoms with van der Waals surface area (Å²) < 4.78 is 7.16. The molecule has 1 N–H and O–H groups in total. The highest BCUT2D eigenvalue weighted by molar-refractivity contribution is 14.1. The minimum Gasteiger partial charge on any atom is -0.497 e. The van der Waals surface area contributed by atoms with E-state index in [0.717, 1.165) is 24.9 Å². The summed E-state index contributed by atoms with van der Waals surface area (Å²) in [5.41, 5.74) is 1.71. The summed E-state index contributed by atoms with van der Waals surface area (Å²) in [5.74, 6) is 0.747. The largest absolute Gasteiger partial charge is 0.497 e. The average molecular weight is 419 g/mol. The topological polar surface area (TPSA) is 29.5 Å². The highest BCUT2D eigenvalue weighted by Crippen LogP contribution is 2.30. The lowest BCUT2D eigenvalue weighted by molar-refractivity contribution is 0.219. The number of rotatable bonds is 3. The van der Waals surface area contributed by atoms with Crippen LogP contribution >= 0.6 is 38.5 Å². The van der Waals surface area contributed by atoms with Crippen molar-refractivity contribution < 1.29 is 9.84 Å². The van der Waals surface area contributed by atoms with Gasteiger partial charge in [-0.25, -0.2) is 0 Å². The van der Waals surface area contributed by atoms with Crippen LogP contribution in [0.3, 0.4) is 0 Å². The van der Waals surface area contributed by atoms with E-state index in [1.165, 1.54) is 0 Å². The monoisotopic (exact) mass is 418 g/mol. The molecule has 0 aliphatic carbocycles. The predicted molar refractivity (Wildman–Crippen MR) is 83.9 cm³/mol. The molecule has 0 saturated carbocycles. The highest BCUT2D eigenvalue weighted by atomic mass is 127.